The van der Waals surface area contributed by atoms with Crippen molar-refractivity contribution in [3.8, 4) is 5.75 Å². The van der Waals surface area contributed by atoms with E-state index in [-0.39, 0.29) is 12.4 Å². The van der Waals surface area contributed by atoms with Crippen molar-refractivity contribution < 1.29 is 14.2 Å². The molecule has 1 aromatic carbocycles. The van der Waals surface area contributed by atoms with Gasteiger partial charge in [-0.2, -0.15) is 0 Å². The highest BCUT2D eigenvalue weighted by Crippen LogP contribution is 2.21. The van der Waals surface area contributed by atoms with Crippen molar-refractivity contribution in [3.05, 3.63) is 35.9 Å². The zero-order valence-electron chi connectivity index (χ0n) is 10.5. The Labute approximate surface area is 109 Å². The predicted octanol–water partition coefficient (Wildman–Crippen LogP) is 1.03. The van der Waals surface area contributed by atoms with E-state index in [4.69, 9.17) is 9.84 Å². The van der Waals surface area contributed by atoms with Gasteiger partial charge in [0.15, 0.2) is 0 Å². The number of ether oxygens (including phenoxy) is 1. The van der Waals surface area contributed by atoms with Gasteiger partial charge in [-0.15, -0.1) is 5.10 Å². The number of nitrogens with zero attached hydrogens (tertiary/aromatic N) is 3. The molecule has 0 amide bonds. The third kappa shape index (κ3) is 3.41. The zero-order chi connectivity index (χ0) is 13.7. The maximum Gasteiger partial charge on any atom is 0.146 e. The summed E-state index contributed by atoms with van der Waals surface area (Å²) in [6.07, 6.45) is 1.70. The van der Waals surface area contributed by atoms with Crippen LogP contribution < -0.4 is 10.1 Å². The molecular weight excluding hydrogens is 251 g/mol. The molecule has 102 valence electrons. The number of methoxy groups -OCH3 is 1. The van der Waals surface area contributed by atoms with Crippen molar-refractivity contribution in [2.24, 2.45) is 0 Å². The smallest absolute Gasteiger partial charge is 0.146 e. The summed E-state index contributed by atoms with van der Waals surface area (Å²) in [5.74, 6) is 0.219. The van der Waals surface area contributed by atoms with Gasteiger partial charge in [0.2, 0.25) is 0 Å². The highest BCUT2D eigenvalue weighted by atomic mass is 19.1. The summed E-state index contributed by atoms with van der Waals surface area (Å²) in [6, 6.07) is 4.47. The van der Waals surface area contributed by atoms with Crippen LogP contribution in [0.25, 0.3) is 0 Å². The highest BCUT2D eigenvalue weighted by molar-refractivity contribution is 5.49. The molecule has 0 aliphatic heterocycles. The molecule has 1 heterocycles. The molecule has 0 spiro atoms. The van der Waals surface area contributed by atoms with Crippen LogP contribution in [0.2, 0.25) is 0 Å². The number of aliphatic hydroxyl groups is 1. The molecule has 0 aliphatic rings. The van der Waals surface area contributed by atoms with Gasteiger partial charge < -0.3 is 15.2 Å². The number of halogens is 1. The summed E-state index contributed by atoms with van der Waals surface area (Å²) in [5.41, 5.74) is 1.01. The largest absolute Gasteiger partial charge is 0.497 e. The lowest BCUT2D eigenvalue weighted by molar-refractivity contribution is 0.268. The molecule has 0 fully saturated rings. The first kappa shape index (κ1) is 13.3. The molecule has 0 atom stereocenters. The van der Waals surface area contributed by atoms with Crippen LogP contribution in [0.4, 0.5) is 10.1 Å². The number of hydrogen-bond donors (Lipinski definition) is 2. The Balaban J connectivity index is 2.01. The number of aliphatic hydroxyl groups excluding tert-OH is 1. The first-order valence-corrected chi connectivity index (χ1v) is 5.80. The number of rotatable bonds is 6. The molecule has 0 unspecified atom stereocenters. The van der Waals surface area contributed by atoms with Gasteiger partial charge in [0.05, 0.1) is 38.7 Å². The standard InChI is InChI=1S/C12H15FN4O2/c1-19-10-2-3-11(13)12(6-10)14-7-9-8-17(4-5-18)16-15-9/h2-3,6,8,14,18H,4-5,7H2,1H3. The summed E-state index contributed by atoms with van der Waals surface area (Å²) in [4.78, 5) is 0. The minimum absolute atomic E-state index is 0.000735. The Kier molecular flexibility index (Phi) is 4.30. The fourth-order valence-corrected chi connectivity index (χ4v) is 1.58. The monoisotopic (exact) mass is 266 g/mol. The van der Waals surface area contributed by atoms with Gasteiger partial charge in [0.1, 0.15) is 17.3 Å². The van der Waals surface area contributed by atoms with Crippen LogP contribution in [0.5, 0.6) is 5.75 Å². The summed E-state index contributed by atoms with van der Waals surface area (Å²) >= 11 is 0. The maximum absolute atomic E-state index is 13.5. The molecule has 6 nitrogen and oxygen atoms in total. The Morgan fingerprint density at radius 1 is 1.47 bits per heavy atom. The van der Waals surface area contributed by atoms with Crippen LogP contribution in [0, 0.1) is 5.82 Å². The Bertz CT molecular complexity index is 544. The third-order valence-electron chi connectivity index (χ3n) is 2.55. The summed E-state index contributed by atoms with van der Waals surface area (Å²) < 4.78 is 20.1. The SMILES string of the molecule is COc1ccc(F)c(NCc2cn(CCO)nn2)c1. The van der Waals surface area contributed by atoms with Crippen molar-refractivity contribution in [2.45, 2.75) is 13.1 Å². The van der Waals surface area contributed by atoms with E-state index in [1.54, 1.807) is 18.3 Å². The van der Waals surface area contributed by atoms with Gasteiger partial charge in [-0.05, 0) is 12.1 Å². The van der Waals surface area contributed by atoms with E-state index in [0.29, 0.717) is 30.2 Å². The molecule has 2 N–H and O–H groups in total. The highest BCUT2D eigenvalue weighted by Gasteiger charge is 2.05. The minimum Gasteiger partial charge on any atom is -0.497 e. The van der Waals surface area contributed by atoms with E-state index in [2.05, 4.69) is 15.6 Å². The average molecular weight is 266 g/mol. The Hall–Kier alpha value is -2.15. The van der Waals surface area contributed by atoms with Crippen LogP contribution in [-0.4, -0.2) is 33.8 Å². The number of aromatic nitrogens is 3. The summed E-state index contributed by atoms with van der Waals surface area (Å²) in [5, 5.41) is 19.4. The first-order valence-electron chi connectivity index (χ1n) is 5.80. The lowest BCUT2D eigenvalue weighted by Crippen LogP contribution is -2.03. The molecule has 2 rings (SSSR count). The van der Waals surface area contributed by atoms with Crippen LogP contribution >= 0.6 is 0 Å². The van der Waals surface area contributed by atoms with Crippen LogP contribution in [0.15, 0.2) is 24.4 Å². The average Bonchev–Trinajstić information content (AvgIpc) is 2.86. The van der Waals surface area contributed by atoms with Crippen molar-refractivity contribution >= 4 is 5.69 Å². The fourth-order valence-electron chi connectivity index (χ4n) is 1.58. The third-order valence-corrected chi connectivity index (χ3v) is 2.55. The molecule has 1 aromatic heterocycles. The maximum atomic E-state index is 13.5. The number of nitrogens with one attached hydrogen (secondary N) is 1. The number of benzene rings is 1. The lowest BCUT2D eigenvalue weighted by atomic mass is 10.3. The summed E-state index contributed by atoms with van der Waals surface area (Å²) in [7, 11) is 1.53. The number of anilines is 1. The molecule has 0 saturated heterocycles. The fraction of sp³-hybridized carbons (Fsp3) is 0.333. The first-order chi connectivity index (χ1) is 9.22. The molecule has 0 aliphatic carbocycles. The van der Waals surface area contributed by atoms with Crippen LogP contribution in [0.1, 0.15) is 5.69 Å². The quantitative estimate of drug-likeness (QED) is 0.817. The normalized spacial score (nSPS) is 10.5. The van der Waals surface area contributed by atoms with Gasteiger partial charge in [-0.1, -0.05) is 5.21 Å². The molecule has 0 radical (unpaired) electrons. The molecule has 0 saturated carbocycles. The van der Waals surface area contributed by atoms with Gasteiger partial charge >= 0.3 is 0 Å². The second-order valence-corrected chi connectivity index (χ2v) is 3.90. The molecule has 7 heteroatoms. The van der Waals surface area contributed by atoms with Crippen LogP contribution in [0.3, 0.4) is 0 Å². The van der Waals surface area contributed by atoms with E-state index in [0.717, 1.165) is 0 Å². The summed E-state index contributed by atoms with van der Waals surface area (Å²) in [6.45, 7) is 0.733. The minimum atomic E-state index is -0.358. The second kappa shape index (κ2) is 6.14. The van der Waals surface area contributed by atoms with Gasteiger partial charge in [-0.25, -0.2) is 9.07 Å². The molecular formula is C12H15FN4O2. The Morgan fingerprint density at radius 2 is 2.32 bits per heavy atom. The second-order valence-electron chi connectivity index (χ2n) is 3.90. The van der Waals surface area contributed by atoms with E-state index >= 15 is 0 Å². The predicted molar refractivity (Wildman–Crippen MR) is 67.4 cm³/mol. The number of hydrogen-bond acceptors (Lipinski definition) is 5. The Morgan fingerprint density at radius 3 is 3.05 bits per heavy atom. The van der Waals surface area contributed by atoms with E-state index in [9.17, 15) is 4.39 Å². The van der Waals surface area contributed by atoms with Gasteiger partial charge in [0.25, 0.3) is 0 Å². The van der Waals surface area contributed by atoms with E-state index < -0.39 is 0 Å². The van der Waals surface area contributed by atoms with E-state index in [1.165, 1.54) is 17.9 Å². The topological polar surface area (TPSA) is 72.2 Å². The van der Waals surface area contributed by atoms with Gasteiger partial charge in [-0.3, -0.25) is 0 Å². The van der Waals surface area contributed by atoms with Crippen molar-refractivity contribution in [1.29, 1.82) is 0 Å². The molecule has 0 bridgehead atoms. The molecule has 19 heavy (non-hydrogen) atoms. The van der Waals surface area contributed by atoms with Crippen molar-refractivity contribution in [1.82, 2.24) is 15.0 Å². The van der Waals surface area contributed by atoms with Crippen molar-refractivity contribution in [2.75, 3.05) is 19.0 Å². The van der Waals surface area contributed by atoms with Crippen molar-refractivity contribution in [3.63, 3.8) is 0 Å². The van der Waals surface area contributed by atoms with Gasteiger partial charge in [0, 0.05) is 6.07 Å². The van der Waals surface area contributed by atoms with E-state index in [1.807, 2.05) is 0 Å². The zero-order valence-corrected chi connectivity index (χ0v) is 10.5. The van der Waals surface area contributed by atoms with Crippen LogP contribution in [-0.2, 0) is 13.1 Å². The molecule has 2 aromatic rings. The lowest BCUT2D eigenvalue weighted by Gasteiger charge is -2.07.